The Morgan fingerprint density at radius 1 is 0.667 bits per heavy atom. The van der Waals surface area contributed by atoms with Crippen LogP contribution in [0.4, 0.5) is 0 Å². The molecule has 2 aromatic rings. The van der Waals surface area contributed by atoms with E-state index >= 15 is 0 Å². The minimum absolute atomic E-state index is 0.127. The molecule has 0 heterocycles. The Hall–Kier alpha value is -2.40. The molecule has 0 radical (unpaired) electrons. The Balaban J connectivity index is 2.44. The zero-order chi connectivity index (χ0) is 13.3. The molecule has 0 fully saturated rings. The van der Waals surface area contributed by atoms with Gasteiger partial charge < -0.3 is 25.5 Å². The van der Waals surface area contributed by atoms with Gasteiger partial charge in [0, 0.05) is 23.3 Å². The molecule has 0 unspecified atom stereocenters. The third kappa shape index (κ3) is 2.16. The van der Waals surface area contributed by atoms with Gasteiger partial charge in [0.25, 0.3) is 0 Å². The molecule has 2 rings (SSSR count). The maximum absolute atomic E-state index is 10.1. The van der Waals surface area contributed by atoms with Crippen LogP contribution in [0.15, 0.2) is 36.4 Å². The molecule has 2 aromatic carbocycles. The van der Waals surface area contributed by atoms with Crippen LogP contribution in [0.1, 0.15) is 17.2 Å². The first kappa shape index (κ1) is 12.1. The van der Waals surface area contributed by atoms with Crippen LogP contribution >= 0.6 is 0 Å². The third-order valence-corrected chi connectivity index (χ3v) is 2.62. The molecule has 0 atom stereocenters. The van der Waals surface area contributed by atoms with Gasteiger partial charge in [-0.3, -0.25) is 0 Å². The van der Waals surface area contributed by atoms with Gasteiger partial charge in [-0.2, -0.15) is 0 Å². The van der Waals surface area contributed by atoms with Crippen molar-refractivity contribution in [3.05, 3.63) is 47.5 Å². The predicted octanol–water partition coefficient (Wildman–Crippen LogP) is 1.59. The van der Waals surface area contributed by atoms with Crippen LogP contribution in [0.3, 0.4) is 0 Å². The SMILES string of the molecule is Oc1ccc(C(O)c2ccc(O)cc2O)c(O)c1. The van der Waals surface area contributed by atoms with Crippen molar-refractivity contribution in [3.63, 3.8) is 0 Å². The lowest BCUT2D eigenvalue weighted by Crippen LogP contribution is -2.00. The summed E-state index contributed by atoms with van der Waals surface area (Å²) in [5, 5.41) is 47.6. The van der Waals surface area contributed by atoms with Crippen molar-refractivity contribution in [2.75, 3.05) is 0 Å². The van der Waals surface area contributed by atoms with Crippen LogP contribution < -0.4 is 0 Å². The predicted molar refractivity (Wildman–Crippen MR) is 63.6 cm³/mol. The Morgan fingerprint density at radius 2 is 1.06 bits per heavy atom. The Bertz CT molecular complexity index is 528. The second kappa shape index (κ2) is 4.46. The van der Waals surface area contributed by atoms with Crippen LogP contribution in [0, 0.1) is 0 Å². The highest BCUT2D eigenvalue weighted by atomic mass is 16.3. The Morgan fingerprint density at radius 3 is 1.39 bits per heavy atom. The van der Waals surface area contributed by atoms with E-state index in [0.29, 0.717) is 0 Å². The van der Waals surface area contributed by atoms with E-state index in [4.69, 9.17) is 10.2 Å². The lowest BCUT2D eigenvalue weighted by atomic mass is 9.99. The highest BCUT2D eigenvalue weighted by molar-refractivity contribution is 5.48. The number of aliphatic hydroxyl groups is 1. The monoisotopic (exact) mass is 248 g/mol. The number of aliphatic hydroxyl groups excluding tert-OH is 1. The van der Waals surface area contributed by atoms with E-state index in [2.05, 4.69) is 0 Å². The van der Waals surface area contributed by atoms with Crippen LogP contribution in [-0.4, -0.2) is 25.5 Å². The van der Waals surface area contributed by atoms with Gasteiger partial charge in [0.1, 0.15) is 29.1 Å². The average Bonchev–Trinajstić information content (AvgIpc) is 2.28. The van der Waals surface area contributed by atoms with Gasteiger partial charge in [-0.1, -0.05) is 0 Å². The van der Waals surface area contributed by atoms with Gasteiger partial charge in [0.2, 0.25) is 0 Å². The Kier molecular flexibility index (Phi) is 2.99. The third-order valence-electron chi connectivity index (χ3n) is 2.62. The first-order chi connectivity index (χ1) is 8.49. The summed E-state index contributed by atoms with van der Waals surface area (Å²) >= 11 is 0. The zero-order valence-corrected chi connectivity index (χ0v) is 9.28. The molecule has 0 aromatic heterocycles. The molecule has 5 nitrogen and oxygen atoms in total. The maximum Gasteiger partial charge on any atom is 0.125 e. The number of phenols is 4. The standard InChI is InChI=1S/C13H12O5/c14-7-1-3-9(11(16)5-7)13(18)10-4-2-8(15)6-12(10)17/h1-6,13-18H. The van der Waals surface area contributed by atoms with Gasteiger partial charge in [0.15, 0.2) is 0 Å². The van der Waals surface area contributed by atoms with Crippen LogP contribution in [0.2, 0.25) is 0 Å². The van der Waals surface area contributed by atoms with Crippen LogP contribution in [0.5, 0.6) is 23.0 Å². The van der Waals surface area contributed by atoms with E-state index in [1.54, 1.807) is 0 Å². The molecule has 0 bridgehead atoms. The molecule has 94 valence electrons. The molecule has 5 heteroatoms. The summed E-state index contributed by atoms with van der Waals surface area (Å²) in [5.41, 5.74) is 0.294. The molecule has 0 aliphatic rings. The highest BCUT2D eigenvalue weighted by Crippen LogP contribution is 2.36. The number of benzene rings is 2. The van der Waals surface area contributed by atoms with Crippen molar-refractivity contribution in [2.24, 2.45) is 0 Å². The highest BCUT2D eigenvalue weighted by Gasteiger charge is 2.18. The van der Waals surface area contributed by atoms with E-state index in [1.807, 2.05) is 0 Å². The fourth-order valence-electron chi connectivity index (χ4n) is 1.69. The van der Waals surface area contributed by atoms with Gasteiger partial charge in [0.05, 0.1) is 0 Å². The van der Waals surface area contributed by atoms with Gasteiger partial charge in [-0.05, 0) is 24.3 Å². The van der Waals surface area contributed by atoms with Gasteiger partial charge in [-0.25, -0.2) is 0 Å². The van der Waals surface area contributed by atoms with Crippen LogP contribution in [-0.2, 0) is 0 Å². The van der Waals surface area contributed by atoms with E-state index in [9.17, 15) is 15.3 Å². The number of hydrogen-bond acceptors (Lipinski definition) is 5. The number of phenolic OH excluding ortho intramolecular Hbond substituents is 4. The molecule has 5 N–H and O–H groups in total. The molecule has 0 saturated carbocycles. The van der Waals surface area contributed by atoms with E-state index in [1.165, 1.54) is 24.3 Å². The lowest BCUT2D eigenvalue weighted by Gasteiger charge is -2.14. The van der Waals surface area contributed by atoms with E-state index in [0.717, 1.165) is 12.1 Å². The van der Waals surface area contributed by atoms with Crippen molar-refractivity contribution in [2.45, 2.75) is 6.10 Å². The maximum atomic E-state index is 10.1. The summed E-state index contributed by atoms with van der Waals surface area (Å²) in [6.45, 7) is 0. The normalized spacial score (nSPS) is 10.8. The minimum Gasteiger partial charge on any atom is -0.508 e. The molecule has 18 heavy (non-hydrogen) atoms. The number of aromatic hydroxyl groups is 4. The second-order valence-electron chi connectivity index (χ2n) is 3.89. The summed E-state index contributed by atoms with van der Waals surface area (Å²) in [5.74, 6) is -0.818. The van der Waals surface area contributed by atoms with Crippen molar-refractivity contribution in [1.29, 1.82) is 0 Å². The lowest BCUT2D eigenvalue weighted by molar-refractivity contribution is 0.210. The summed E-state index contributed by atoms with van der Waals surface area (Å²) < 4.78 is 0. The quantitative estimate of drug-likeness (QED) is 0.555. The smallest absolute Gasteiger partial charge is 0.125 e. The molecule has 0 aliphatic carbocycles. The Labute approximate surface area is 103 Å². The minimum atomic E-state index is -1.26. The summed E-state index contributed by atoms with van der Waals surface area (Å²) in [4.78, 5) is 0. The molecule has 0 amide bonds. The summed E-state index contributed by atoms with van der Waals surface area (Å²) in [6.07, 6.45) is -1.26. The molecular formula is C13H12O5. The topological polar surface area (TPSA) is 101 Å². The van der Waals surface area contributed by atoms with Crippen molar-refractivity contribution in [1.82, 2.24) is 0 Å². The first-order valence-electron chi connectivity index (χ1n) is 5.21. The largest absolute Gasteiger partial charge is 0.508 e. The van der Waals surface area contributed by atoms with Crippen molar-refractivity contribution >= 4 is 0 Å². The number of rotatable bonds is 2. The fourth-order valence-corrected chi connectivity index (χ4v) is 1.69. The van der Waals surface area contributed by atoms with Gasteiger partial charge in [-0.15, -0.1) is 0 Å². The van der Waals surface area contributed by atoms with Crippen LogP contribution in [0.25, 0.3) is 0 Å². The fraction of sp³-hybridized carbons (Fsp3) is 0.0769. The van der Waals surface area contributed by atoms with E-state index < -0.39 is 6.10 Å². The van der Waals surface area contributed by atoms with Gasteiger partial charge >= 0.3 is 0 Å². The molecule has 0 spiro atoms. The number of hydrogen-bond donors (Lipinski definition) is 5. The first-order valence-corrected chi connectivity index (χ1v) is 5.21. The van der Waals surface area contributed by atoms with Crippen molar-refractivity contribution in [3.8, 4) is 23.0 Å². The molecular weight excluding hydrogens is 236 g/mol. The zero-order valence-electron chi connectivity index (χ0n) is 9.28. The molecule has 0 saturated heterocycles. The van der Waals surface area contributed by atoms with E-state index in [-0.39, 0.29) is 34.1 Å². The van der Waals surface area contributed by atoms with Crippen molar-refractivity contribution < 1.29 is 25.5 Å². The summed E-state index contributed by atoms with van der Waals surface area (Å²) in [7, 11) is 0. The second-order valence-corrected chi connectivity index (χ2v) is 3.89. The molecule has 0 aliphatic heterocycles. The summed E-state index contributed by atoms with van der Waals surface area (Å²) in [6, 6.07) is 7.51. The average molecular weight is 248 g/mol.